The molecule has 0 saturated carbocycles. The number of rotatable bonds is 4. The van der Waals surface area contributed by atoms with Crippen LogP contribution in [0.3, 0.4) is 0 Å². The first-order chi connectivity index (χ1) is 10.6. The first kappa shape index (κ1) is 15.5. The Morgan fingerprint density at radius 2 is 2.18 bits per heavy atom. The molecule has 22 heavy (non-hydrogen) atoms. The standard InChI is InChI=1S/C14H11BrCl2N4O/c1-2-12(21-7-8(15)6-18-21)14-19-13(20-22-14)10-4-3-9(16)5-11(10)17/h3-7,12H,2H2,1H3. The Balaban J connectivity index is 1.95. The van der Waals surface area contributed by atoms with Gasteiger partial charge in [0.15, 0.2) is 0 Å². The van der Waals surface area contributed by atoms with Crippen molar-refractivity contribution in [2.24, 2.45) is 0 Å². The topological polar surface area (TPSA) is 56.7 Å². The third kappa shape index (κ3) is 3.04. The van der Waals surface area contributed by atoms with Gasteiger partial charge in [-0.1, -0.05) is 35.3 Å². The SMILES string of the molecule is CCC(c1nc(-c2ccc(Cl)cc2Cl)no1)n1cc(Br)cn1. The van der Waals surface area contributed by atoms with Gasteiger partial charge in [-0.05, 0) is 40.5 Å². The van der Waals surface area contributed by atoms with Gasteiger partial charge in [0.1, 0.15) is 6.04 Å². The molecule has 3 rings (SSSR count). The fraction of sp³-hybridized carbons (Fsp3) is 0.214. The van der Waals surface area contributed by atoms with Gasteiger partial charge < -0.3 is 4.52 Å². The molecule has 1 atom stereocenters. The molecule has 0 aliphatic carbocycles. The van der Waals surface area contributed by atoms with Crippen molar-refractivity contribution >= 4 is 39.1 Å². The third-order valence-electron chi connectivity index (χ3n) is 3.17. The van der Waals surface area contributed by atoms with E-state index in [2.05, 4.69) is 31.2 Å². The summed E-state index contributed by atoms with van der Waals surface area (Å²) in [4.78, 5) is 4.45. The van der Waals surface area contributed by atoms with E-state index in [1.165, 1.54) is 0 Å². The van der Waals surface area contributed by atoms with Crippen molar-refractivity contribution < 1.29 is 4.52 Å². The number of hydrogen-bond acceptors (Lipinski definition) is 4. The zero-order chi connectivity index (χ0) is 15.7. The lowest BCUT2D eigenvalue weighted by Crippen LogP contribution is -2.10. The van der Waals surface area contributed by atoms with Crippen molar-refractivity contribution in [3.05, 3.63) is 51.0 Å². The van der Waals surface area contributed by atoms with Gasteiger partial charge in [-0.15, -0.1) is 0 Å². The van der Waals surface area contributed by atoms with E-state index in [4.69, 9.17) is 27.7 Å². The highest BCUT2D eigenvalue weighted by molar-refractivity contribution is 9.10. The number of nitrogens with zero attached hydrogens (tertiary/aromatic N) is 4. The Morgan fingerprint density at radius 3 is 2.82 bits per heavy atom. The van der Waals surface area contributed by atoms with E-state index in [-0.39, 0.29) is 6.04 Å². The van der Waals surface area contributed by atoms with Crippen LogP contribution in [-0.2, 0) is 0 Å². The Hall–Kier alpha value is -1.37. The van der Waals surface area contributed by atoms with E-state index in [1.54, 1.807) is 29.1 Å². The van der Waals surface area contributed by atoms with Crippen molar-refractivity contribution in [1.29, 1.82) is 0 Å². The van der Waals surface area contributed by atoms with E-state index < -0.39 is 0 Å². The quantitative estimate of drug-likeness (QED) is 0.617. The average Bonchev–Trinajstić information content (AvgIpc) is 3.10. The van der Waals surface area contributed by atoms with Gasteiger partial charge in [-0.3, -0.25) is 4.68 Å². The Labute approximate surface area is 145 Å². The van der Waals surface area contributed by atoms with Gasteiger partial charge in [0.2, 0.25) is 5.82 Å². The van der Waals surface area contributed by atoms with Crippen LogP contribution in [-0.4, -0.2) is 19.9 Å². The minimum Gasteiger partial charge on any atom is -0.337 e. The second kappa shape index (κ2) is 6.40. The normalized spacial score (nSPS) is 12.5. The number of hydrogen-bond donors (Lipinski definition) is 0. The van der Waals surface area contributed by atoms with Crippen LogP contribution in [0, 0.1) is 0 Å². The van der Waals surface area contributed by atoms with Gasteiger partial charge in [0.25, 0.3) is 5.89 Å². The highest BCUT2D eigenvalue weighted by Gasteiger charge is 2.21. The van der Waals surface area contributed by atoms with Crippen LogP contribution in [0.5, 0.6) is 0 Å². The second-order valence-corrected chi connectivity index (χ2v) is 6.40. The molecule has 0 radical (unpaired) electrons. The highest BCUT2D eigenvalue weighted by Crippen LogP contribution is 2.30. The van der Waals surface area contributed by atoms with Crippen molar-refractivity contribution in [3.8, 4) is 11.4 Å². The molecule has 0 saturated heterocycles. The maximum Gasteiger partial charge on any atom is 0.251 e. The average molecular weight is 402 g/mol. The Morgan fingerprint density at radius 1 is 1.36 bits per heavy atom. The fourth-order valence-electron chi connectivity index (χ4n) is 2.11. The molecular formula is C14H11BrCl2N4O. The van der Waals surface area contributed by atoms with Crippen LogP contribution in [0.1, 0.15) is 25.3 Å². The molecule has 0 amide bonds. The van der Waals surface area contributed by atoms with Crippen LogP contribution in [0.15, 0.2) is 39.6 Å². The molecule has 1 aromatic carbocycles. The van der Waals surface area contributed by atoms with Crippen LogP contribution < -0.4 is 0 Å². The molecular weight excluding hydrogens is 391 g/mol. The molecule has 3 aromatic rings. The first-order valence-corrected chi connectivity index (χ1v) is 8.12. The summed E-state index contributed by atoms with van der Waals surface area (Å²) in [5.74, 6) is 0.917. The summed E-state index contributed by atoms with van der Waals surface area (Å²) in [6, 6.07) is 5.03. The van der Waals surface area contributed by atoms with E-state index in [9.17, 15) is 0 Å². The molecule has 2 aromatic heterocycles. The molecule has 5 nitrogen and oxygen atoms in total. The molecule has 0 fully saturated rings. The molecule has 0 aliphatic rings. The lowest BCUT2D eigenvalue weighted by molar-refractivity contribution is 0.321. The van der Waals surface area contributed by atoms with E-state index in [0.717, 1.165) is 10.9 Å². The van der Waals surface area contributed by atoms with Crippen molar-refractivity contribution in [2.75, 3.05) is 0 Å². The van der Waals surface area contributed by atoms with Gasteiger partial charge in [-0.25, -0.2) is 0 Å². The van der Waals surface area contributed by atoms with Crippen LogP contribution in [0.4, 0.5) is 0 Å². The van der Waals surface area contributed by atoms with Crippen molar-refractivity contribution in [1.82, 2.24) is 19.9 Å². The smallest absolute Gasteiger partial charge is 0.251 e. The predicted molar refractivity (Wildman–Crippen MR) is 88.1 cm³/mol. The van der Waals surface area contributed by atoms with Crippen LogP contribution in [0.2, 0.25) is 10.0 Å². The number of halogens is 3. The minimum atomic E-state index is -0.126. The van der Waals surface area contributed by atoms with E-state index in [1.807, 2.05) is 13.1 Å². The molecule has 0 spiro atoms. The maximum atomic E-state index is 6.18. The Kier molecular flexibility index (Phi) is 4.52. The summed E-state index contributed by atoms with van der Waals surface area (Å²) in [7, 11) is 0. The predicted octanol–water partition coefficient (Wildman–Crippen LogP) is 5.00. The molecule has 0 aliphatic heterocycles. The number of benzene rings is 1. The van der Waals surface area contributed by atoms with Crippen molar-refractivity contribution in [3.63, 3.8) is 0 Å². The molecule has 0 bridgehead atoms. The summed E-state index contributed by atoms with van der Waals surface area (Å²) in [6.45, 7) is 2.03. The van der Waals surface area contributed by atoms with Crippen molar-refractivity contribution in [2.45, 2.75) is 19.4 Å². The lowest BCUT2D eigenvalue weighted by atomic mass is 10.2. The summed E-state index contributed by atoms with van der Waals surface area (Å²) in [5.41, 5.74) is 0.678. The van der Waals surface area contributed by atoms with E-state index in [0.29, 0.717) is 27.3 Å². The van der Waals surface area contributed by atoms with Gasteiger partial charge >= 0.3 is 0 Å². The van der Waals surface area contributed by atoms with E-state index >= 15 is 0 Å². The monoisotopic (exact) mass is 400 g/mol. The summed E-state index contributed by atoms with van der Waals surface area (Å²) >= 11 is 15.5. The van der Waals surface area contributed by atoms with Gasteiger partial charge in [0, 0.05) is 16.8 Å². The zero-order valence-electron chi connectivity index (χ0n) is 11.5. The fourth-order valence-corrected chi connectivity index (χ4v) is 2.91. The van der Waals surface area contributed by atoms with Crippen LogP contribution in [0.25, 0.3) is 11.4 Å². The lowest BCUT2D eigenvalue weighted by Gasteiger charge is -2.09. The van der Waals surface area contributed by atoms with Gasteiger partial charge in [0.05, 0.1) is 15.7 Å². The molecule has 2 heterocycles. The van der Waals surface area contributed by atoms with Crippen LogP contribution >= 0.6 is 39.1 Å². The third-order valence-corrected chi connectivity index (χ3v) is 4.13. The largest absolute Gasteiger partial charge is 0.337 e. The maximum absolute atomic E-state index is 6.18. The summed E-state index contributed by atoms with van der Waals surface area (Å²) in [6.07, 6.45) is 4.35. The highest BCUT2D eigenvalue weighted by atomic mass is 79.9. The zero-order valence-corrected chi connectivity index (χ0v) is 14.6. The molecule has 114 valence electrons. The Bertz CT molecular complexity index is 802. The summed E-state index contributed by atoms with van der Waals surface area (Å²) in [5, 5.41) is 9.33. The molecule has 1 unspecified atom stereocenters. The second-order valence-electron chi connectivity index (χ2n) is 4.64. The number of aromatic nitrogens is 4. The first-order valence-electron chi connectivity index (χ1n) is 6.57. The van der Waals surface area contributed by atoms with Gasteiger partial charge in [-0.2, -0.15) is 10.1 Å². The summed E-state index contributed by atoms with van der Waals surface area (Å²) < 4.78 is 8.07. The molecule has 8 heteroatoms. The minimum absolute atomic E-state index is 0.126. The molecule has 0 N–H and O–H groups in total.